The van der Waals surface area contributed by atoms with Gasteiger partial charge < -0.3 is 9.15 Å². The van der Waals surface area contributed by atoms with Gasteiger partial charge in [0.1, 0.15) is 11.9 Å². The van der Waals surface area contributed by atoms with Crippen LogP contribution in [0.3, 0.4) is 0 Å². The van der Waals surface area contributed by atoms with E-state index in [-0.39, 0.29) is 6.10 Å². The first-order valence-corrected chi connectivity index (χ1v) is 5.88. The van der Waals surface area contributed by atoms with Gasteiger partial charge in [-0.3, -0.25) is 0 Å². The quantitative estimate of drug-likeness (QED) is 0.769. The summed E-state index contributed by atoms with van der Waals surface area (Å²) in [5.41, 5.74) is 0.970. The number of ether oxygens (including phenoxy) is 1. The van der Waals surface area contributed by atoms with E-state index in [0.29, 0.717) is 28.9 Å². The first-order chi connectivity index (χ1) is 8.95. The monoisotopic (exact) mass is 268 g/mol. The predicted molar refractivity (Wildman–Crippen MR) is 62.9 cm³/mol. The molecule has 1 aliphatic rings. The molecule has 100 valence electrons. The lowest BCUT2D eigenvalue weighted by atomic mass is 9.99. The molecule has 1 atom stereocenters. The minimum atomic E-state index is -4.36. The molecule has 2 aromatic rings. The molecular formula is C14H11F3O2. The van der Waals surface area contributed by atoms with Gasteiger partial charge in [-0.2, -0.15) is 13.2 Å². The van der Waals surface area contributed by atoms with Crippen molar-refractivity contribution in [2.45, 2.75) is 25.6 Å². The Morgan fingerprint density at radius 1 is 1.26 bits per heavy atom. The number of hydrogen-bond donors (Lipinski definition) is 0. The van der Waals surface area contributed by atoms with Crippen molar-refractivity contribution in [2.24, 2.45) is 0 Å². The second kappa shape index (κ2) is 4.05. The van der Waals surface area contributed by atoms with Gasteiger partial charge in [0.15, 0.2) is 0 Å². The molecule has 0 amide bonds. The van der Waals surface area contributed by atoms with Crippen LogP contribution in [0, 0.1) is 0 Å². The Kier molecular flexibility index (Phi) is 2.59. The maximum atomic E-state index is 12.9. The van der Waals surface area contributed by atoms with Crippen LogP contribution in [0.15, 0.2) is 35.1 Å². The summed E-state index contributed by atoms with van der Waals surface area (Å²) in [6, 6.07) is 3.91. The van der Waals surface area contributed by atoms with Crippen molar-refractivity contribution in [1.82, 2.24) is 0 Å². The highest BCUT2D eigenvalue weighted by molar-refractivity contribution is 5.73. The maximum absolute atomic E-state index is 12.9. The highest BCUT2D eigenvalue weighted by Gasteiger charge is 2.34. The molecule has 0 saturated carbocycles. The van der Waals surface area contributed by atoms with E-state index in [2.05, 4.69) is 0 Å². The van der Waals surface area contributed by atoms with Crippen LogP contribution in [0.2, 0.25) is 0 Å². The van der Waals surface area contributed by atoms with Crippen molar-refractivity contribution in [3.05, 3.63) is 41.9 Å². The van der Waals surface area contributed by atoms with Gasteiger partial charge in [-0.15, -0.1) is 0 Å². The topological polar surface area (TPSA) is 22.4 Å². The summed E-state index contributed by atoms with van der Waals surface area (Å²) in [5, 5.41) is 0. The molecule has 0 bridgehead atoms. The molecule has 19 heavy (non-hydrogen) atoms. The third-order valence-corrected chi connectivity index (χ3v) is 3.15. The molecule has 0 spiro atoms. The standard InChI is InChI=1S/C14H11F3O2/c1-8-4-10-5-11(14(15,16)17)6-12(13(10)19-8)9-2-3-18-7-9/h2-3,5-8H,4H2,1H3. The van der Waals surface area contributed by atoms with Crippen molar-refractivity contribution < 1.29 is 22.3 Å². The normalized spacial score (nSPS) is 18.2. The zero-order valence-electron chi connectivity index (χ0n) is 10.1. The van der Waals surface area contributed by atoms with Gasteiger partial charge in [0.2, 0.25) is 0 Å². The molecule has 0 fully saturated rings. The van der Waals surface area contributed by atoms with E-state index < -0.39 is 11.7 Å². The van der Waals surface area contributed by atoms with Crippen LogP contribution in [0.4, 0.5) is 13.2 Å². The van der Waals surface area contributed by atoms with Crippen molar-refractivity contribution in [2.75, 3.05) is 0 Å². The van der Waals surface area contributed by atoms with Crippen LogP contribution in [-0.2, 0) is 12.6 Å². The van der Waals surface area contributed by atoms with E-state index in [0.717, 1.165) is 6.07 Å². The summed E-state index contributed by atoms with van der Waals surface area (Å²) in [5.74, 6) is 0.530. The molecule has 0 aliphatic carbocycles. The van der Waals surface area contributed by atoms with Crippen LogP contribution in [0.5, 0.6) is 5.75 Å². The SMILES string of the molecule is CC1Cc2cc(C(F)(F)F)cc(-c3ccoc3)c2O1. The van der Waals surface area contributed by atoms with Crippen molar-refractivity contribution in [3.8, 4) is 16.9 Å². The third kappa shape index (κ3) is 2.09. The van der Waals surface area contributed by atoms with Gasteiger partial charge in [0, 0.05) is 17.5 Å². The van der Waals surface area contributed by atoms with E-state index >= 15 is 0 Å². The van der Waals surface area contributed by atoms with E-state index in [1.165, 1.54) is 18.6 Å². The second-order valence-electron chi connectivity index (χ2n) is 4.65. The number of halogens is 3. The molecule has 3 rings (SSSR count). The molecule has 2 nitrogen and oxygen atoms in total. The number of fused-ring (bicyclic) bond motifs is 1. The fourth-order valence-electron chi connectivity index (χ4n) is 2.33. The van der Waals surface area contributed by atoms with Crippen LogP contribution in [0.25, 0.3) is 11.1 Å². The molecule has 0 N–H and O–H groups in total. The fourth-order valence-corrected chi connectivity index (χ4v) is 2.33. The molecule has 1 unspecified atom stereocenters. The summed E-state index contributed by atoms with van der Waals surface area (Å²) in [6.07, 6.45) is -1.13. The summed E-state index contributed by atoms with van der Waals surface area (Å²) in [7, 11) is 0. The largest absolute Gasteiger partial charge is 0.489 e. The van der Waals surface area contributed by atoms with Crippen molar-refractivity contribution in [3.63, 3.8) is 0 Å². The lowest BCUT2D eigenvalue weighted by Crippen LogP contribution is -2.05. The third-order valence-electron chi connectivity index (χ3n) is 3.15. The van der Waals surface area contributed by atoms with E-state index in [9.17, 15) is 13.2 Å². The van der Waals surface area contributed by atoms with Crippen LogP contribution in [0.1, 0.15) is 18.1 Å². The highest BCUT2D eigenvalue weighted by Crippen LogP contribution is 2.43. The minimum Gasteiger partial charge on any atom is -0.489 e. The van der Waals surface area contributed by atoms with Crippen molar-refractivity contribution in [1.29, 1.82) is 0 Å². The van der Waals surface area contributed by atoms with Gasteiger partial charge in [0.25, 0.3) is 0 Å². The van der Waals surface area contributed by atoms with E-state index in [1.54, 1.807) is 6.07 Å². The Hall–Kier alpha value is -1.91. The number of rotatable bonds is 1. The molecule has 1 aromatic heterocycles. The van der Waals surface area contributed by atoms with Gasteiger partial charge in [-0.1, -0.05) is 0 Å². The Bertz CT molecular complexity index is 600. The average Bonchev–Trinajstić information content (AvgIpc) is 2.92. The zero-order chi connectivity index (χ0) is 13.6. The number of benzene rings is 1. The summed E-state index contributed by atoms with van der Waals surface area (Å²) in [6.45, 7) is 1.84. The summed E-state index contributed by atoms with van der Waals surface area (Å²) < 4.78 is 49.3. The molecule has 0 radical (unpaired) electrons. The molecule has 0 saturated heterocycles. The zero-order valence-corrected chi connectivity index (χ0v) is 10.1. The number of alkyl halides is 3. The smallest absolute Gasteiger partial charge is 0.416 e. The van der Waals surface area contributed by atoms with Gasteiger partial charge in [0.05, 0.1) is 18.1 Å². The fraction of sp³-hybridized carbons (Fsp3) is 0.286. The number of hydrogen-bond acceptors (Lipinski definition) is 2. The molecule has 5 heteroatoms. The Balaban J connectivity index is 2.20. The molecule has 1 aromatic carbocycles. The molecule has 1 aliphatic heterocycles. The van der Waals surface area contributed by atoms with Crippen LogP contribution in [-0.4, -0.2) is 6.10 Å². The highest BCUT2D eigenvalue weighted by atomic mass is 19.4. The number of furan rings is 1. The van der Waals surface area contributed by atoms with Gasteiger partial charge >= 0.3 is 6.18 Å². The molecular weight excluding hydrogens is 257 g/mol. The predicted octanol–water partition coefficient (Wildman–Crippen LogP) is 4.29. The van der Waals surface area contributed by atoms with Gasteiger partial charge in [-0.25, -0.2) is 0 Å². The lowest BCUT2D eigenvalue weighted by molar-refractivity contribution is -0.137. The first kappa shape index (κ1) is 12.1. The van der Waals surface area contributed by atoms with Crippen LogP contribution < -0.4 is 4.74 Å². The Labute approximate surface area is 107 Å². The van der Waals surface area contributed by atoms with E-state index in [4.69, 9.17) is 9.15 Å². The second-order valence-corrected chi connectivity index (χ2v) is 4.65. The minimum absolute atomic E-state index is 0.107. The Morgan fingerprint density at radius 2 is 2.05 bits per heavy atom. The average molecular weight is 268 g/mol. The summed E-state index contributed by atoms with van der Waals surface area (Å²) >= 11 is 0. The van der Waals surface area contributed by atoms with Crippen LogP contribution >= 0.6 is 0 Å². The first-order valence-electron chi connectivity index (χ1n) is 5.88. The van der Waals surface area contributed by atoms with Gasteiger partial charge in [-0.05, 0) is 30.7 Å². The summed E-state index contributed by atoms with van der Waals surface area (Å²) in [4.78, 5) is 0. The molecule has 2 heterocycles. The van der Waals surface area contributed by atoms with E-state index in [1.807, 2.05) is 6.92 Å². The maximum Gasteiger partial charge on any atom is 0.416 e. The lowest BCUT2D eigenvalue weighted by Gasteiger charge is -2.12. The Morgan fingerprint density at radius 3 is 2.68 bits per heavy atom. The van der Waals surface area contributed by atoms with Crippen molar-refractivity contribution >= 4 is 0 Å².